The van der Waals surface area contributed by atoms with E-state index in [4.69, 9.17) is 21.1 Å². The molecule has 3 aromatic rings. The second-order valence-corrected chi connectivity index (χ2v) is 7.31. The summed E-state index contributed by atoms with van der Waals surface area (Å²) in [6.07, 6.45) is 5.45. The summed E-state index contributed by atoms with van der Waals surface area (Å²) in [4.78, 5) is 17.2. The third-order valence-electron chi connectivity index (χ3n) is 5.09. The molecular formula is C21H18ClN3O3. The highest BCUT2D eigenvalue weighted by Gasteiger charge is 2.21. The van der Waals surface area contributed by atoms with Crippen molar-refractivity contribution in [1.82, 2.24) is 9.55 Å². The fourth-order valence-corrected chi connectivity index (χ4v) is 3.94. The van der Waals surface area contributed by atoms with Crippen molar-refractivity contribution >= 4 is 23.2 Å². The number of benzene rings is 2. The Morgan fingerprint density at radius 3 is 2.86 bits per heavy atom. The van der Waals surface area contributed by atoms with Crippen LogP contribution in [0.15, 0.2) is 42.6 Å². The van der Waals surface area contributed by atoms with Crippen LogP contribution in [0.25, 0.3) is 11.4 Å². The van der Waals surface area contributed by atoms with E-state index in [-0.39, 0.29) is 12.7 Å². The maximum Gasteiger partial charge on any atom is 0.255 e. The predicted octanol–water partition coefficient (Wildman–Crippen LogP) is 4.52. The fourth-order valence-electron chi connectivity index (χ4n) is 3.67. The number of carbonyl (C=O) groups excluding carboxylic acids is 1. The van der Waals surface area contributed by atoms with Gasteiger partial charge in [-0.3, -0.25) is 4.79 Å². The van der Waals surface area contributed by atoms with Gasteiger partial charge in [0.2, 0.25) is 6.79 Å². The zero-order valence-electron chi connectivity index (χ0n) is 15.1. The minimum absolute atomic E-state index is 0.110. The van der Waals surface area contributed by atoms with E-state index in [1.54, 1.807) is 12.1 Å². The van der Waals surface area contributed by atoms with Crippen LogP contribution < -0.4 is 14.8 Å². The van der Waals surface area contributed by atoms with E-state index in [1.165, 1.54) is 18.5 Å². The summed E-state index contributed by atoms with van der Waals surface area (Å²) in [5.74, 6) is 1.68. The quantitative estimate of drug-likeness (QED) is 0.708. The number of halogens is 1. The van der Waals surface area contributed by atoms with Crippen LogP contribution in [0.4, 0.5) is 5.69 Å². The van der Waals surface area contributed by atoms with E-state index < -0.39 is 0 Å². The third kappa shape index (κ3) is 2.99. The van der Waals surface area contributed by atoms with Gasteiger partial charge in [-0.15, -0.1) is 0 Å². The predicted molar refractivity (Wildman–Crippen MR) is 106 cm³/mol. The lowest BCUT2D eigenvalue weighted by molar-refractivity contribution is 0.102. The van der Waals surface area contributed by atoms with Gasteiger partial charge in [0.05, 0.1) is 5.02 Å². The molecular weight excluding hydrogens is 378 g/mol. The summed E-state index contributed by atoms with van der Waals surface area (Å²) in [6.45, 7) is 1.12. The lowest BCUT2D eigenvalue weighted by atomic mass is 10.1. The van der Waals surface area contributed by atoms with Gasteiger partial charge in [-0.05, 0) is 55.7 Å². The third-order valence-corrected chi connectivity index (χ3v) is 5.37. The monoisotopic (exact) mass is 395 g/mol. The molecule has 0 spiro atoms. The van der Waals surface area contributed by atoms with Crippen LogP contribution in [0.1, 0.15) is 28.9 Å². The minimum atomic E-state index is -0.258. The van der Waals surface area contributed by atoms with Gasteiger partial charge in [0.1, 0.15) is 5.82 Å². The first-order chi connectivity index (χ1) is 13.7. The minimum Gasteiger partial charge on any atom is -0.454 e. The molecule has 5 rings (SSSR count). The number of rotatable bonds is 3. The van der Waals surface area contributed by atoms with Crippen LogP contribution in [0.5, 0.6) is 11.5 Å². The highest BCUT2D eigenvalue weighted by Crippen LogP contribution is 2.40. The van der Waals surface area contributed by atoms with Crippen LogP contribution in [0, 0.1) is 0 Å². The molecule has 2 aliphatic rings. The van der Waals surface area contributed by atoms with Crippen LogP contribution >= 0.6 is 11.6 Å². The van der Waals surface area contributed by atoms with Crippen molar-refractivity contribution in [3.05, 3.63) is 58.9 Å². The van der Waals surface area contributed by atoms with E-state index in [0.717, 1.165) is 24.4 Å². The summed E-state index contributed by atoms with van der Waals surface area (Å²) in [5, 5.41) is 3.25. The van der Waals surface area contributed by atoms with Crippen LogP contribution in [-0.4, -0.2) is 22.3 Å². The smallest absolute Gasteiger partial charge is 0.255 e. The molecule has 0 unspecified atom stereocenters. The zero-order valence-corrected chi connectivity index (χ0v) is 15.8. The van der Waals surface area contributed by atoms with Crippen LogP contribution in [0.3, 0.4) is 0 Å². The Morgan fingerprint density at radius 2 is 2.00 bits per heavy atom. The molecule has 2 aromatic carbocycles. The molecule has 1 aromatic heterocycles. The molecule has 3 heterocycles. The number of nitrogens with zero attached hydrogens (tertiary/aromatic N) is 2. The molecule has 0 aliphatic carbocycles. The van der Waals surface area contributed by atoms with Crippen molar-refractivity contribution in [3.63, 3.8) is 0 Å². The molecule has 0 fully saturated rings. The number of hydrogen-bond donors (Lipinski definition) is 1. The number of imidazole rings is 1. The van der Waals surface area contributed by atoms with Crippen LogP contribution in [-0.2, 0) is 13.0 Å². The Balaban J connectivity index is 1.35. The standard InChI is InChI=1S/C21H18ClN3O3/c22-17-9-14(10-18-19(17)28-12-27-18)21(26)24-15-6-4-13(5-7-15)20-23-11-16-3-1-2-8-25(16)20/h4-7,9-11H,1-3,8,12H2,(H,24,26). The highest BCUT2D eigenvalue weighted by atomic mass is 35.5. The average Bonchev–Trinajstić information content (AvgIpc) is 3.36. The number of amides is 1. The number of fused-ring (bicyclic) bond motifs is 2. The van der Waals surface area contributed by atoms with Crippen molar-refractivity contribution in [2.24, 2.45) is 0 Å². The van der Waals surface area contributed by atoms with Crippen molar-refractivity contribution in [2.45, 2.75) is 25.8 Å². The fraction of sp³-hybridized carbons (Fsp3) is 0.238. The van der Waals surface area contributed by atoms with E-state index in [2.05, 4.69) is 14.9 Å². The molecule has 28 heavy (non-hydrogen) atoms. The number of carbonyl (C=O) groups is 1. The normalized spacial score (nSPS) is 14.6. The molecule has 0 radical (unpaired) electrons. The van der Waals surface area contributed by atoms with Gasteiger partial charge in [0, 0.05) is 35.2 Å². The van der Waals surface area contributed by atoms with Gasteiger partial charge in [-0.1, -0.05) is 11.6 Å². The molecule has 0 bridgehead atoms. The second kappa shape index (κ2) is 6.87. The Morgan fingerprint density at radius 1 is 1.14 bits per heavy atom. The molecule has 1 N–H and O–H groups in total. The first kappa shape index (κ1) is 17.1. The first-order valence-electron chi connectivity index (χ1n) is 9.24. The number of anilines is 1. The van der Waals surface area contributed by atoms with E-state index in [1.807, 2.05) is 30.5 Å². The summed E-state index contributed by atoms with van der Waals surface area (Å²) in [5.41, 5.74) is 3.45. The lowest BCUT2D eigenvalue weighted by Crippen LogP contribution is -2.12. The highest BCUT2D eigenvalue weighted by molar-refractivity contribution is 6.32. The van der Waals surface area contributed by atoms with Crippen molar-refractivity contribution in [1.29, 1.82) is 0 Å². The lowest BCUT2D eigenvalue weighted by Gasteiger charge is -2.16. The van der Waals surface area contributed by atoms with Crippen molar-refractivity contribution in [3.8, 4) is 22.9 Å². The number of aromatic nitrogens is 2. The van der Waals surface area contributed by atoms with E-state index >= 15 is 0 Å². The molecule has 0 atom stereocenters. The van der Waals surface area contributed by atoms with E-state index in [0.29, 0.717) is 27.8 Å². The van der Waals surface area contributed by atoms with Crippen molar-refractivity contribution in [2.75, 3.05) is 12.1 Å². The Labute approximate surface area is 167 Å². The maximum absolute atomic E-state index is 12.6. The first-order valence-corrected chi connectivity index (χ1v) is 9.62. The molecule has 142 valence electrons. The van der Waals surface area contributed by atoms with Gasteiger partial charge in [-0.25, -0.2) is 4.98 Å². The largest absolute Gasteiger partial charge is 0.454 e. The van der Waals surface area contributed by atoms with Gasteiger partial charge in [0.25, 0.3) is 5.91 Å². The number of aryl methyl sites for hydroxylation is 1. The molecule has 1 amide bonds. The van der Waals surface area contributed by atoms with Crippen LogP contribution in [0.2, 0.25) is 5.02 Å². The number of ether oxygens (including phenoxy) is 2. The second-order valence-electron chi connectivity index (χ2n) is 6.91. The topological polar surface area (TPSA) is 65.4 Å². The summed E-state index contributed by atoms with van der Waals surface area (Å²) >= 11 is 6.16. The molecule has 2 aliphatic heterocycles. The molecule has 0 saturated heterocycles. The summed E-state index contributed by atoms with van der Waals surface area (Å²) < 4.78 is 12.9. The summed E-state index contributed by atoms with van der Waals surface area (Å²) in [7, 11) is 0. The van der Waals surface area contributed by atoms with Gasteiger partial charge in [-0.2, -0.15) is 0 Å². The Hall–Kier alpha value is -2.99. The molecule has 0 saturated carbocycles. The average molecular weight is 396 g/mol. The number of hydrogen-bond acceptors (Lipinski definition) is 4. The Bertz CT molecular complexity index is 1060. The van der Waals surface area contributed by atoms with Gasteiger partial charge < -0.3 is 19.4 Å². The number of nitrogens with one attached hydrogen (secondary N) is 1. The van der Waals surface area contributed by atoms with Crippen molar-refractivity contribution < 1.29 is 14.3 Å². The van der Waals surface area contributed by atoms with Gasteiger partial charge >= 0.3 is 0 Å². The van der Waals surface area contributed by atoms with Gasteiger partial charge in [0.15, 0.2) is 11.5 Å². The molecule has 7 heteroatoms. The molecule has 6 nitrogen and oxygen atoms in total. The summed E-state index contributed by atoms with van der Waals surface area (Å²) in [6, 6.07) is 10.9. The SMILES string of the molecule is O=C(Nc1ccc(-c2ncc3n2CCCC3)cc1)c1cc(Cl)c2c(c1)OCO2. The zero-order chi connectivity index (χ0) is 19.1. The van der Waals surface area contributed by atoms with E-state index in [9.17, 15) is 4.79 Å². The maximum atomic E-state index is 12.6. The Kier molecular flexibility index (Phi) is 4.20.